The quantitative estimate of drug-likeness (QED) is 0.241. The van der Waals surface area contributed by atoms with Gasteiger partial charge in [0.2, 0.25) is 5.69 Å². The van der Waals surface area contributed by atoms with Crippen LogP contribution in [0.15, 0.2) is 0 Å². The van der Waals surface area contributed by atoms with E-state index in [1.807, 2.05) is 0 Å². The van der Waals surface area contributed by atoms with Crippen molar-refractivity contribution < 1.29 is 9.72 Å². The summed E-state index contributed by atoms with van der Waals surface area (Å²) in [6.45, 7) is 1.44. The summed E-state index contributed by atoms with van der Waals surface area (Å²) in [4.78, 5) is 20.7. The molecule has 0 aliphatic carbocycles. The van der Waals surface area contributed by atoms with Gasteiger partial charge in [0.25, 0.3) is 5.91 Å². The lowest BCUT2D eigenvalue weighted by molar-refractivity contribution is -0.385. The summed E-state index contributed by atoms with van der Waals surface area (Å²) in [7, 11) is 0. The van der Waals surface area contributed by atoms with Crippen LogP contribution in [-0.4, -0.2) is 21.0 Å². The fraction of sp³-hybridized carbons (Fsp3) is 0.200. The van der Waals surface area contributed by atoms with Crippen molar-refractivity contribution in [2.24, 2.45) is 5.84 Å². The average molecular weight is 185 g/mol. The van der Waals surface area contributed by atoms with Crippen molar-refractivity contribution in [3.63, 3.8) is 0 Å². The van der Waals surface area contributed by atoms with E-state index in [1.165, 1.54) is 6.92 Å². The molecule has 4 N–H and O–H groups in total. The topological polar surface area (TPSA) is 127 Å². The lowest BCUT2D eigenvalue weighted by Crippen LogP contribution is -2.30. The molecule has 0 aliphatic heterocycles. The highest BCUT2D eigenvalue weighted by Gasteiger charge is 2.26. The number of hydrazine groups is 1. The number of aromatic nitrogens is 2. The van der Waals surface area contributed by atoms with Gasteiger partial charge in [-0.2, -0.15) is 5.10 Å². The van der Waals surface area contributed by atoms with Gasteiger partial charge in [-0.05, 0) is 6.92 Å². The summed E-state index contributed by atoms with van der Waals surface area (Å²) in [5.41, 5.74) is 1.30. The molecule has 1 amide bonds. The maximum Gasteiger partial charge on any atom is 0.322 e. The number of nitro groups is 1. The number of hydrogen-bond acceptors (Lipinski definition) is 5. The standard InChI is InChI=1S/C5H7N5O3/c1-2-4(10(12)13)3(9-8-2)5(11)7-6/h6H2,1H3,(H,7,11)(H,8,9). The molecule has 0 atom stereocenters. The van der Waals surface area contributed by atoms with Crippen LogP contribution >= 0.6 is 0 Å². The Balaban J connectivity index is 3.22. The highest BCUT2D eigenvalue weighted by atomic mass is 16.6. The van der Waals surface area contributed by atoms with Crippen LogP contribution < -0.4 is 11.3 Å². The molecule has 0 bridgehead atoms. The van der Waals surface area contributed by atoms with Crippen molar-refractivity contribution in [1.29, 1.82) is 0 Å². The Morgan fingerprint density at radius 3 is 2.85 bits per heavy atom. The molecule has 0 saturated carbocycles. The zero-order chi connectivity index (χ0) is 10.0. The van der Waals surface area contributed by atoms with E-state index in [4.69, 9.17) is 5.84 Å². The summed E-state index contributed by atoms with van der Waals surface area (Å²) in [6, 6.07) is 0. The maximum absolute atomic E-state index is 10.9. The van der Waals surface area contributed by atoms with Gasteiger partial charge in [0, 0.05) is 0 Å². The number of hydrogen-bond donors (Lipinski definition) is 3. The van der Waals surface area contributed by atoms with Gasteiger partial charge in [0.05, 0.1) is 4.92 Å². The van der Waals surface area contributed by atoms with Crippen LogP contribution in [0.2, 0.25) is 0 Å². The first-order valence-corrected chi connectivity index (χ1v) is 3.28. The highest BCUT2D eigenvalue weighted by Crippen LogP contribution is 2.19. The van der Waals surface area contributed by atoms with Gasteiger partial charge in [0.1, 0.15) is 5.69 Å². The zero-order valence-electron chi connectivity index (χ0n) is 6.70. The molecule has 0 aromatic carbocycles. The normalized spacial score (nSPS) is 9.69. The number of rotatable bonds is 2. The van der Waals surface area contributed by atoms with Gasteiger partial charge in [-0.15, -0.1) is 0 Å². The Bertz CT molecular complexity index is 357. The molecule has 0 saturated heterocycles. The third-order valence-corrected chi connectivity index (χ3v) is 1.44. The number of H-pyrrole nitrogens is 1. The first kappa shape index (κ1) is 9.13. The second-order valence-electron chi connectivity index (χ2n) is 2.28. The van der Waals surface area contributed by atoms with Crippen molar-refractivity contribution in [2.75, 3.05) is 0 Å². The van der Waals surface area contributed by atoms with E-state index in [9.17, 15) is 14.9 Å². The van der Waals surface area contributed by atoms with Crippen molar-refractivity contribution in [1.82, 2.24) is 15.6 Å². The maximum atomic E-state index is 10.9. The van der Waals surface area contributed by atoms with Crippen LogP contribution in [-0.2, 0) is 0 Å². The van der Waals surface area contributed by atoms with E-state index in [-0.39, 0.29) is 17.1 Å². The SMILES string of the molecule is Cc1[nH]nc(C(=O)NN)c1[N+](=O)[O-]. The molecule has 0 radical (unpaired) electrons. The molecule has 1 aromatic rings. The predicted molar refractivity (Wildman–Crippen MR) is 41.6 cm³/mol. The molecule has 0 unspecified atom stereocenters. The minimum atomic E-state index is -0.795. The fourth-order valence-corrected chi connectivity index (χ4v) is 0.873. The first-order valence-electron chi connectivity index (χ1n) is 3.28. The van der Waals surface area contributed by atoms with Crippen LogP contribution in [0.25, 0.3) is 0 Å². The Labute approximate surface area is 72.2 Å². The molecule has 8 nitrogen and oxygen atoms in total. The van der Waals surface area contributed by atoms with Crippen LogP contribution in [0.3, 0.4) is 0 Å². The molecule has 0 spiro atoms. The predicted octanol–water partition coefficient (Wildman–Crippen LogP) is -0.770. The number of nitrogens with two attached hydrogens (primary N) is 1. The van der Waals surface area contributed by atoms with Gasteiger partial charge in [-0.25, -0.2) is 5.84 Å². The van der Waals surface area contributed by atoms with Crippen molar-refractivity contribution in [2.45, 2.75) is 6.92 Å². The summed E-state index contributed by atoms with van der Waals surface area (Å²) in [5.74, 6) is 4.01. The van der Waals surface area contributed by atoms with Gasteiger partial charge in [0.15, 0.2) is 0 Å². The van der Waals surface area contributed by atoms with Gasteiger partial charge >= 0.3 is 5.69 Å². The monoisotopic (exact) mass is 185 g/mol. The molecule has 13 heavy (non-hydrogen) atoms. The van der Waals surface area contributed by atoms with E-state index in [2.05, 4.69) is 10.2 Å². The molecular weight excluding hydrogens is 178 g/mol. The third kappa shape index (κ3) is 1.47. The molecule has 1 heterocycles. The lowest BCUT2D eigenvalue weighted by atomic mass is 10.3. The van der Waals surface area contributed by atoms with E-state index >= 15 is 0 Å². The van der Waals surface area contributed by atoms with Crippen molar-refractivity contribution in [3.05, 3.63) is 21.5 Å². The third-order valence-electron chi connectivity index (χ3n) is 1.44. The molecule has 70 valence electrons. The number of carbonyl (C=O) groups excluding carboxylic acids is 1. The fourth-order valence-electron chi connectivity index (χ4n) is 0.873. The van der Waals surface area contributed by atoms with E-state index in [1.54, 1.807) is 5.43 Å². The molecule has 1 aromatic heterocycles. The highest BCUT2D eigenvalue weighted by molar-refractivity contribution is 5.96. The van der Waals surface area contributed by atoms with E-state index in [0.29, 0.717) is 0 Å². The van der Waals surface area contributed by atoms with Gasteiger partial charge in [-0.3, -0.25) is 25.4 Å². The number of aryl methyl sites for hydroxylation is 1. The Hall–Kier alpha value is -1.96. The minimum Gasteiger partial charge on any atom is -0.289 e. The number of nitrogens with zero attached hydrogens (tertiary/aromatic N) is 2. The number of nitrogen functional groups attached to an aromatic ring is 1. The summed E-state index contributed by atoms with van der Waals surface area (Å²) in [6.07, 6.45) is 0. The number of carbonyl (C=O) groups is 1. The Morgan fingerprint density at radius 1 is 1.77 bits per heavy atom. The van der Waals surface area contributed by atoms with Crippen LogP contribution in [0.5, 0.6) is 0 Å². The molecule has 0 aliphatic rings. The zero-order valence-corrected chi connectivity index (χ0v) is 6.70. The number of amides is 1. The summed E-state index contributed by atoms with van der Waals surface area (Å²) < 4.78 is 0. The second-order valence-corrected chi connectivity index (χ2v) is 2.28. The Kier molecular flexibility index (Phi) is 2.24. The van der Waals surface area contributed by atoms with Gasteiger partial charge in [-0.1, -0.05) is 0 Å². The molecular formula is C5H7N5O3. The largest absolute Gasteiger partial charge is 0.322 e. The lowest BCUT2D eigenvalue weighted by Gasteiger charge is -1.93. The smallest absolute Gasteiger partial charge is 0.289 e. The number of nitrogens with one attached hydrogen (secondary N) is 2. The average Bonchev–Trinajstić information content (AvgIpc) is 2.45. The van der Waals surface area contributed by atoms with Crippen molar-refractivity contribution >= 4 is 11.6 Å². The summed E-state index contributed by atoms with van der Waals surface area (Å²) >= 11 is 0. The van der Waals surface area contributed by atoms with E-state index in [0.717, 1.165) is 0 Å². The molecule has 8 heteroatoms. The van der Waals surface area contributed by atoms with Crippen LogP contribution in [0, 0.1) is 17.0 Å². The summed E-state index contributed by atoms with van der Waals surface area (Å²) in [5, 5.41) is 16.2. The Morgan fingerprint density at radius 2 is 2.38 bits per heavy atom. The number of aromatic amines is 1. The molecule has 1 rings (SSSR count). The van der Waals surface area contributed by atoms with Crippen LogP contribution in [0.1, 0.15) is 16.2 Å². The van der Waals surface area contributed by atoms with Crippen LogP contribution in [0.4, 0.5) is 5.69 Å². The molecule has 0 fully saturated rings. The van der Waals surface area contributed by atoms with Crippen molar-refractivity contribution in [3.8, 4) is 0 Å². The minimum absolute atomic E-state index is 0.212. The first-order chi connectivity index (χ1) is 6.07. The van der Waals surface area contributed by atoms with E-state index < -0.39 is 10.8 Å². The van der Waals surface area contributed by atoms with Gasteiger partial charge < -0.3 is 0 Å². The second kappa shape index (κ2) is 3.19.